The average molecular weight is 328 g/mol. The average Bonchev–Trinajstić information content (AvgIpc) is 3.13. The number of benzene rings is 1. The molecule has 0 radical (unpaired) electrons. The fourth-order valence-corrected chi connectivity index (χ4v) is 4.25. The smallest absolute Gasteiger partial charge is 0.225 e. The van der Waals surface area contributed by atoms with Gasteiger partial charge >= 0.3 is 0 Å². The number of likely N-dealkylation sites (tertiary alicyclic amines) is 1. The van der Waals surface area contributed by atoms with Gasteiger partial charge in [0.2, 0.25) is 11.8 Å². The maximum atomic E-state index is 12.9. The molecule has 1 aliphatic heterocycles. The van der Waals surface area contributed by atoms with E-state index in [1.807, 2.05) is 42.2 Å². The van der Waals surface area contributed by atoms with E-state index in [9.17, 15) is 9.59 Å². The van der Waals surface area contributed by atoms with Crippen LogP contribution in [0.4, 0.5) is 0 Å². The summed E-state index contributed by atoms with van der Waals surface area (Å²) in [7, 11) is 0. The SMILES string of the molecule is CCN1C(=O)CC[C@@H](C(=O)NCC2CCCC2)[C@@H]1c1ccccc1. The van der Waals surface area contributed by atoms with Crippen LogP contribution in [0.3, 0.4) is 0 Å². The molecular formula is C20H28N2O2. The highest BCUT2D eigenvalue weighted by Crippen LogP contribution is 2.36. The summed E-state index contributed by atoms with van der Waals surface area (Å²) in [5.41, 5.74) is 1.06. The Kier molecular flexibility index (Phi) is 5.54. The Labute approximate surface area is 144 Å². The zero-order chi connectivity index (χ0) is 16.9. The van der Waals surface area contributed by atoms with Gasteiger partial charge in [-0.2, -0.15) is 0 Å². The molecule has 1 heterocycles. The van der Waals surface area contributed by atoms with E-state index in [4.69, 9.17) is 0 Å². The summed E-state index contributed by atoms with van der Waals surface area (Å²) in [5.74, 6) is 0.760. The molecule has 0 bridgehead atoms. The van der Waals surface area contributed by atoms with Gasteiger partial charge in [-0.15, -0.1) is 0 Å². The number of carbonyl (C=O) groups excluding carboxylic acids is 2. The molecular weight excluding hydrogens is 300 g/mol. The van der Waals surface area contributed by atoms with E-state index in [0.717, 1.165) is 12.1 Å². The lowest BCUT2D eigenvalue weighted by Crippen LogP contribution is -2.48. The predicted octanol–water partition coefficient (Wildman–Crippen LogP) is 3.29. The molecule has 1 saturated heterocycles. The molecule has 0 aromatic heterocycles. The quantitative estimate of drug-likeness (QED) is 0.901. The Hall–Kier alpha value is -1.84. The predicted molar refractivity (Wildman–Crippen MR) is 94.3 cm³/mol. The topological polar surface area (TPSA) is 49.4 Å². The highest BCUT2D eigenvalue weighted by atomic mass is 16.2. The van der Waals surface area contributed by atoms with Crippen molar-refractivity contribution in [2.45, 2.75) is 51.5 Å². The van der Waals surface area contributed by atoms with Crippen molar-refractivity contribution < 1.29 is 9.59 Å². The molecule has 1 saturated carbocycles. The fraction of sp³-hybridized carbons (Fsp3) is 0.600. The van der Waals surface area contributed by atoms with Crippen LogP contribution >= 0.6 is 0 Å². The van der Waals surface area contributed by atoms with Crippen LogP contribution in [0.15, 0.2) is 30.3 Å². The van der Waals surface area contributed by atoms with Crippen LogP contribution in [0.5, 0.6) is 0 Å². The van der Waals surface area contributed by atoms with Crippen molar-refractivity contribution >= 4 is 11.8 Å². The van der Waals surface area contributed by atoms with Gasteiger partial charge in [-0.25, -0.2) is 0 Å². The molecule has 4 nitrogen and oxygen atoms in total. The Morgan fingerprint density at radius 1 is 1.17 bits per heavy atom. The van der Waals surface area contributed by atoms with Crippen molar-refractivity contribution in [3.8, 4) is 0 Å². The summed E-state index contributed by atoms with van der Waals surface area (Å²) in [4.78, 5) is 27.1. The van der Waals surface area contributed by atoms with E-state index < -0.39 is 0 Å². The molecule has 24 heavy (non-hydrogen) atoms. The Balaban J connectivity index is 1.75. The number of rotatable bonds is 5. The Morgan fingerprint density at radius 2 is 1.88 bits per heavy atom. The molecule has 1 N–H and O–H groups in total. The molecule has 130 valence electrons. The van der Waals surface area contributed by atoms with Gasteiger partial charge in [0, 0.05) is 19.5 Å². The van der Waals surface area contributed by atoms with Crippen LogP contribution in [-0.2, 0) is 9.59 Å². The first-order valence-electron chi connectivity index (χ1n) is 9.32. The van der Waals surface area contributed by atoms with E-state index in [-0.39, 0.29) is 23.8 Å². The van der Waals surface area contributed by atoms with Crippen molar-refractivity contribution in [3.05, 3.63) is 35.9 Å². The number of nitrogens with zero attached hydrogens (tertiary/aromatic N) is 1. The van der Waals surface area contributed by atoms with E-state index >= 15 is 0 Å². The van der Waals surface area contributed by atoms with E-state index in [0.29, 0.717) is 25.3 Å². The highest BCUT2D eigenvalue weighted by molar-refractivity contribution is 5.85. The molecule has 2 fully saturated rings. The van der Waals surface area contributed by atoms with Gasteiger partial charge in [0.15, 0.2) is 0 Å². The summed E-state index contributed by atoms with van der Waals surface area (Å²) in [6.07, 6.45) is 6.15. The fourth-order valence-electron chi connectivity index (χ4n) is 4.25. The van der Waals surface area contributed by atoms with E-state index in [1.54, 1.807) is 0 Å². The zero-order valence-electron chi connectivity index (χ0n) is 14.5. The highest BCUT2D eigenvalue weighted by Gasteiger charge is 2.39. The van der Waals surface area contributed by atoms with E-state index in [2.05, 4.69) is 5.32 Å². The molecule has 1 aromatic carbocycles. The molecule has 2 atom stereocenters. The van der Waals surface area contributed by atoms with Gasteiger partial charge < -0.3 is 10.2 Å². The second-order valence-electron chi connectivity index (χ2n) is 7.08. The van der Waals surface area contributed by atoms with Gasteiger partial charge in [0.1, 0.15) is 0 Å². The van der Waals surface area contributed by atoms with Crippen LogP contribution < -0.4 is 5.32 Å². The lowest BCUT2D eigenvalue weighted by atomic mass is 9.83. The number of carbonyl (C=O) groups is 2. The van der Waals surface area contributed by atoms with Crippen molar-refractivity contribution in [2.24, 2.45) is 11.8 Å². The van der Waals surface area contributed by atoms with Gasteiger partial charge in [-0.3, -0.25) is 9.59 Å². The number of nitrogens with one attached hydrogen (secondary N) is 1. The minimum atomic E-state index is -0.147. The molecule has 1 aromatic rings. The first-order valence-corrected chi connectivity index (χ1v) is 9.32. The van der Waals surface area contributed by atoms with Crippen LogP contribution in [0.2, 0.25) is 0 Å². The number of amides is 2. The summed E-state index contributed by atoms with van der Waals surface area (Å²) < 4.78 is 0. The summed E-state index contributed by atoms with van der Waals surface area (Å²) in [6, 6.07) is 9.86. The largest absolute Gasteiger partial charge is 0.356 e. The monoisotopic (exact) mass is 328 g/mol. The van der Waals surface area contributed by atoms with Crippen LogP contribution in [-0.4, -0.2) is 29.8 Å². The second kappa shape index (κ2) is 7.82. The minimum absolute atomic E-state index is 0.113. The lowest BCUT2D eigenvalue weighted by molar-refractivity contribution is -0.143. The first-order chi connectivity index (χ1) is 11.7. The van der Waals surface area contributed by atoms with E-state index in [1.165, 1.54) is 25.7 Å². The molecule has 2 aliphatic rings. The van der Waals surface area contributed by atoms with Gasteiger partial charge in [-0.1, -0.05) is 43.2 Å². The van der Waals surface area contributed by atoms with Crippen LogP contribution in [0, 0.1) is 11.8 Å². The third-order valence-corrected chi connectivity index (χ3v) is 5.56. The third-order valence-electron chi connectivity index (χ3n) is 5.56. The number of piperidine rings is 1. The van der Waals surface area contributed by atoms with Crippen molar-refractivity contribution in [1.29, 1.82) is 0 Å². The maximum absolute atomic E-state index is 12.9. The third kappa shape index (κ3) is 3.63. The Bertz CT molecular complexity index is 566. The second-order valence-corrected chi connectivity index (χ2v) is 7.08. The standard InChI is InChI=1S/C20H28N2O2/c1-2-22-18(23)13-12-17(19(22)16-10-4-3-5-11-16)20(24)21-14-15-8-6-7-9-15/h3-5,10-11,15,17,19H,2,6-9,12-14H2,1H3,(H,21,24)/t17-,19+/m1/s1. The van der Waals surface area contributed by atoms with Gasteiger partial charge in [0.05, 0.1) is 12.0 Å². The number of hydrogen-bond donors (Lipinski definition) is 1. The molecule has 0 unspecified atom stereocenters. The molecule has 3 rings (SSSR count). The summed E-state index contributed by atoms with van der Waals surface area (Å²) >= 11 is 0. The van der Waals surface area contributed by atoms with Gasteiger partial charge in [0.25, 0.3) is 0 Å². The molecule has 2 amide bonds. The number of hydrogen-bond acceptors (Lipinski definition) is 2. The van der Waals surface area contributed by atoms with Crippen LogP contribution in [0.1, 0.15) is 57.1 Å². The summed E-state index contributed by atoms with van der Waals surface area (Å²) in [5, 5.41) is 3.18. The zero-order valence-corrected chi connectivity index (χ0v) is 14.5. The minimum Gasteiger partial charge on any atom is -0.356 e. The van der Waals surface area contributed by atoms with Crippen molar-refractivity contribution in [1.82, 2.24) is 10.2 Å². The first kappa shape index (κ1) is 17.0. The van der Waals surface area contributed by atoms with Gasteiger partial charge in [-0.05, 0) is 37.7 Å². The van der Waals surface area contributed by atoms with Crippen LogP contribution in [0.25, 0.3) is 0 Å². The summed E-state index contributed by atoms with van der Waals surface area (Å²) in [6.45, 7) is 3.42. The normalized spacial score (nSPS) is 25.0. The molecule has 4 heteroatoms. The molecule has 0 spiro atoms. The maximum Gasteiger partial charge on any atom is 0.225 e. The van der Waals surface area contributed by atoms with Crippen molar-refractivity contribution in [3.63, 3.8) is 0 Å². The van der Waals surface area contributed by atoms with Crippen molar-refractivity contribution in [2.75, 3.05) is 13.1 Å². The lowest BCUT2D eigenvalue weighted by Gasteiger charge is -2.40. The Morgan fingerprint density at radius 3 is 2.54 bits per heavy atom. The molecule has 1 aliphatic carbocycles.